The highest BCUT2D eigenvalue weighted by atomic mass is 35.5. The van der Waals surface area contributed by atoms with Gasteiger partial charge in [-0.25, -0.2) is 9.13 Å². The molecule has 0 saturated heterocycles. The molecule has 0 aromatic rings. The summed E-state index contributed by atoms with van der Waals surface area (Å²) >= 11 is 0. The van der Waals surface area contributed by atoms with Crippen molar-refractivity contribution in [2.45, 2.75) is 509 Å². The van der Waals surface area contributed by atoms with Crippen LogP contribution in [0.3, 0.4) is 0 Å². The Morgan fingerprint density at radius 1 is 0.284 bits per heavy atom. The highest BCUT2D eigenvalue weighted by molar-refractivity contribution is 7.48. The zero-order valence-electron chi connectivity index (χ0n) is 88.8. The van der Waals surface area contributed by atoms with Gasteiger partial charge in [-0.2, -0.15) is 10.5 Å². The molecule has 0 amide bonds. The Morgan fingerprint density at radius 2 is 0.500 bits per heavy atom. The van der Waals surface area contributed by atoms with E-state index in [1.54, 1.807) is 0 Å². The smallest absolute Gasteiger partial charge is 0.474 e. The van der Waals surface area contributed by atoms with Gasteiger partial charge in [-0.15, -0.1) is 0 Å². The molecule has 0 aliphatic heterocycles. The van der Waals surface area contributed by atoms with Gasteiger partial charge in [0.15, 0.2) is 12.2 Å². The third-order valence-corrected chi connectivity index (χ3v) is 27.6. The number of halogens is 1. The number of nitriles is 2. The number of nitrogens with zero attached hydrogens (tertiary/aromatic N) is 5. The zero-order valence-corrected chi connectivity index (χ0v) is 92.3. The predicted octanol–water partition coefficient (Wildman–Crippen LogP) is 25.4. The van der Waals surface area contributed by atoms with Crippen LogP contribution in [0.5, 0.6) is 0 Å². The molecule has 0 bridgehead atoms. The maximum Gasteiger partial charge on any atom is 0.474 e. The third-order valence-electron chi connectivity index (χ3n) is 24.2. The van der Waals surface area contributed by atoms with E-state index in [-0.39, 0.29) is 116 Å². The standard InChI is InChI=1S/2C49H96N2O8P.C7H18NO4P.ClH/c2*1-6-8-10-12-14-16-18-20-22-24-26-28-30-32-34-39-48(52)55-45-47(46-58-60(54,57-44-38-41-50)56-43-37-36-42-51(3,4)5)59-49(53)40-35-33-31-29-27-25-23-21-19-17-15-13-11-9-7-2;1-7(8(2,3)4)5-6-12-13(9,10)11;/h2*47H,6-40,42-46H2,1-5H3;7H,5-6H2,1-4H3,(H-,9,10,11);1H/q2*+1;;/p-2. The van der Waals surface area contributed by atoms with Crippen LogP contribution in [0.15, 0.2) is 0 Å². The first-order valence-electron chi connectivity index (χ1n) is 54.3. The molecule has 5 unspecified atom stereocenters. The quantitative estimate of drug-likeness (QED) is 0.0179. The number of phosphoric ester groups is 3. The Morgan fingerprint density at radius 3 is 0.709 bits per heavy atom. The molecule has 796 valence electrons. The average molecular weight is 1990 g/mol. The van der Waals surface area contributed by atoms with E-state index in [0.29, 0.717) is 36.6 Å². The van der Waals surface area contributed by atoms with E-state index in [1.807, 2.05) is 40.2 Å². The van der Waals surface area contributed by atoms with Crippen LogP contribution in [0.1, 0.15) is 490 Å². The fourth-order valence-corrected chi connectivity index (χ4v) is 18.0. The summed E-state index contributed by atoms with van der Waals surface area (Å²) in [5.41, 5.74) is 0. The van der Waals surface area contributed by atoms with E-state index >= 15 is 0 Å². The Labute approximate surface area is 829 Å². The van der Waals surface area contributed by atoms with E-state index in [2.05, 4.69) is 74.5 Å². The first-order chi connectivity index (χ1) is 63.7. The lowest BCUT2D eigenvalue weighted by Gasteiger charge is -2.33. The van der Waals surface area contributed by atoms with Crippen molar-refractivity contribution in [3.05, 3.63) is 0 Å². The monoisotopic (exact) mass is 1990 g/mol. The summed E-state index contributed by atoms with van der Waals surface area (Å²) < 4.78 is 99.6. The predicted molar refractivity (Wildman–Crippen MR) is 541 cm³/mol. The van der Waals surface area contributed by atoms with Crippen molar-refractivity contribution >= 4 is 47.3 Å². The average Bonchev–Trinajstić information content (AvgIpc) is 0.901. The molecule has 0 fully saturated rings. The van der Waals surface area contributed by atoms with Crippen molar-refractivity contribution in [2.24, 2.45) is 0 Å². The Hall–Kier alpha value is -2.64. The summed E-state index contributed by atoms with van der Waals surface area (Å²) in [5.74, 6) is -1.51. The molecular formula is C105H209ClN5O20P3. The highest BCUT2D eigenvalue weighted by Crippen LogP contribution is 2.51. The molecular weight excluding hydrogens is 1780 g/mol. The second-order valence-corrected chi connectivity index (χ2v) is 45.0. The first kappa shape index (κ1) is 138. The molecule has 5 atom stereocenters. The van der Waals surface area contributed by atoms with E-state index in [4.69, 9.17) is 56.6 Å². The molecule has 134 heavy (non-hydrogen) atoms. The normalized spacial score (nSPS) is 13.4. The van der Waals surface area contributed by atoms with Crippen LogP contribution in [-0.4, -0.2) is 192 Å². The number of ether oxygens (including phenoxy) is 4. The molecule has 0 radical (unpaired) electrons. The lowest BCUT2D eigenvalue weighted by molar-refractivity contribution is -0.894. The van der Waals surface area contributed by atoms with Gasteiger partial charge in [0, 0.05) is 32.1 Å². The van der Waals surface area contributed by atoms with Gasteiger partial charge in [0.05, 0.1) is 162 Å². The summed E-state index contributed by atoms with van der Waals surface area (Å²) in [7, 11) is 5.72. The minimum Gasteiger partial charge on any atom is -1.00 e. The number of esters is 4. The van der Waals surface area contributed by atoms with Crippen molar-refractivity contribution < 1.29 is 119 Å². The SMILES string of the molecule is CC(CCOP(=O)([O-])[O-])[N+](C)(C)C.CCCCCCCCCCCCCCCCCC(=O)OCC(COP(=O)(OCCC#N)OCCCC[N+](C)(C)C)OC(=O)CCCCCCCCCCCCCCCCC.CCCCCCCCCCCCCCCCCC(=O)OCC(COP(=O)(OCCC#N)OCCCC[N+](C)(C)C)OC(=O)CCCCCCCCCCCCCCCCC.[Cl-]. The fraction of sp³-hybridized carbons (Fsp3) is 0.943. The van der Waals surface area contributed by atoms with Crippen LogP contribution in [0, 0.1) is 22.7 Å². The van der Waals surface area contributed by atoms with Crippen molar-refractivity contribution in [3.63, 3.8) is 0 Å². The highest BCUT2D eigenvalue weighted by Gasteiger charge is 2.32. The van der Waals surface area contributed by atoms with Crippen LogP contribution in [0.2, 0.25) is 0 Å². The number of rotatable bonds is 99. The summed E-state index contributed by atoms with van der Waals surface area (Å²) in [6.07, 6.45) is 77.7. The van der Waals surface area contributed by atoms with Gasteiger partial charge in [0.25, 0.3) is 0 Å². The van der Waals surface area contributed by atoms with Crippen molar-refractivity contribution in [1.29, 1.82) is 10.5 Å². The fourth-order valence-electron chi connectivity index (χ4n) is 15.2. The number of hydrogen-bond acceptors (Lipinski definition) is 22. The van der Waals surface area contributed by atoms with Gasteiger partial charge in [-0.05, 0) is 58.3 Å². The van der Waals surface area contributed by atoms with E-state index < -0.39 is 47.6 Å². The molecule has 0 heterocycles. The molecule has 0 aliphatic carbocycles. The topological polar surface area (TPSA) is 315 Å². The van der Waals surface area contributed by atoms with E-state index in [1.165, 1.54) is 308 Å². The molecule has 25 nitrogen and oxygen atoms in total. The first-order valence-corrected chi connectivity index (χ1v) is 58.7. The van der Waals surface area contributed by atoms with Crippen LogP contribution < -0.4 is 22.2 Å². The number of unbranched alkanes of at least 4 members (excludes halogenated alkanes) is 58. The molecule has 0 aromatic heterocycles. The third kappa shape index (κ3) is 108. The number of carbonyl (C=O) groups excluding carboxylic acids is 4. The number of quaternary nitrogens is 3. The van der Waals surface area contributed by atoms with Gasteiger partial charge in [-0.3, -0.25) is 46.3 Å². The van der Waals surface area contributed by atoms with Gasteiger partial charge in [0.2, 0.25) is 0 Å². The number of carbonyl (C=O) groups is 4. The van der Waals surface area contributed by atoms with Crippen LogP contribution in [0.4, 0.5) is 0 Å². The minimum absolute atomic E-state index is 0. The summed E-state index contributed by atoms with van der Waals surface area (Å²) in [6.45, 7) is 11.9. The molecule has 0 rings (SSSR count). The molecule has 0 aromatic carbocycles. The number of phosphoric acid groups is 3. The van der Waals surface area contributed by atoms with Crippen LogP contribution in [0.25, 0.3) is 0 Å². The van der Waals surface area contributed by atoms with Gasteiger partial charge in [-0.1, -0.05) is 387 Å². The van der Waals surface area contributed by atoms with E-state index in [9.17, 15) is 42.7 Å². The van der Waals surface area contributed by atoms with Gasteiger partial charge < -0.3 is 63.7 Å². The number of hydrogen-bond donors (Lipinski definition) is 0. The van der Waals surface area contributed by atoms with Crippen LogP contribution >= 0.6 is 23.5 Å². The lowest BCUT2D eigenvalue weighted by atomic mass is 10.0. The second-order valence-electron chi connectivity index (χ2n) is 40.5. The molecule has 0 N–H and O–H groups in total. The zero-order chi connectivity index (χ0) is 99.2. The summed E-state index contributed by atoms with van der Waals surface area (Å²) in [5, 5.41) is 18.0. The largest absolute Gasteiger partial charge is 1.00 e. The van der Waals surface area contributed by atoms with E-state index in [0.717, 1.165) is 112 Å². The Balaban J connectivity index is -0.00000110. The van der Waals surface area contributed by atoms with Crippen LogP contribution in [-0.2, 0) is 83.5 Å². The van der Waals surface area contributed by atoms with Gasteiger partial charge >= 0.3 is 39.5 Å². The molecule has 0 saturated carbocycles. The summed E-state index contributed by atoms with van der Waals surface area (Å²) in [4.78, 5) is 71.5. The molecule has 0 spiro atoms. The Bertz CT molecular complexity index is 2690. The molecule has 29 heteroatoms. The second kappa shape index (κ2) is 97.8. The minimum atomic E-state index is -4.78. The van der Waals surface area contributed by atoms with Crippen molar-refractivity contribution in [1.82, 2.24) is 0 Å². The lowest BCUT2D eigenvalue weighted by Crippen LogP contribution is -3.00. The van der Waals surface area contributed by atoms with Crippen molar-refractivity contribution in [2.75, 3.05) is 136 Å². The maximum atomic E-state index is 13.5. The maximum absolute atomic E-state index is 13.5. The van der Waals surface area contributed by atoms with Gasteiger partial charge in [0.1, 0.15) is 13.2 Å². The van der Waals surface area contributed by atoms with Crippen molar-refractivity contribution in [3.8, 4) is 12.1 Å². The molecule has 0 aliphatic rings. The Kier molecular flexibility index (Phi) is 100. The summed E-state index contributed by atoms with van der Waals surface area (Å²) in [6, 6.07) is 4.20.